The van der Waals surface area contributed by atoms with Gasteiger partial charge >= 0.3 is 0 Å². The summed E-state index contributed by atoms with van der Waals surface area (Å²) in [6.45, 7) is 24.6. The predicted octanol–water partition coefficient (Wildman–Crippen LogP) is 5.62. The Kier molecular flexibility index (Phi) is 18.6. The number of amides is 1. The number of rotatable bonds is 7. The minimum absolute atomic E-state index is 0.272. The Morgan fingerprint density at radius 2 is 1.54 bits per heavy atom. The van der Waals surface area contributed by atoms with Gasteiger partial charge in [0.15, 0.2) is 0 Å². The molecular formula is C23H42N2O. The summed E-state index contributed by atoms with van der Waals surface area (Å²) in [6, 6.07) is 0. The van der Waals surface area contributed by atoms with Gasteiger partial charge in [0, 0.05) is 39.1 Å². The first-order chi connectivity index (χ1) is 12.6. The summed E-state index contributed by atoms with van der Waals surface area (Å²) in [5.41, 5.74) is 2.21. The van der Waals surface area contributed by atoms with Crippen LogP contribution in [0.25, 0.3) is 0 Å². The number of allylic oxidation sites excluding steroid dienone is 2. The van der Waals surface area contributed by atoms with Gasteiger partial charge in [-0.3, -0.25) is 9.69 Å². The third kappa shape index (κ3) is 12.7. The van der Waals surface area contributed by atoms with Gasteiger partial charge in [0.05, 0.1) is 0 Å². The summed E-state index contributed by atoms with van der Waals surface area (Å²) in [4.78, 5) is 16.3. The Bertz CT molecular complexity index is 423. The summed E-state index contributed by atoms with van der Waals surface area (Å²) in [5, 5.41) is 0. The van der Waals surface area contributed by atoms with Crippen LogP contribution >= 0.6 is 0 Å². The number of hydrogen-bond donors (Lipinski definition) is 0. The van der Waals surface area contributed by atoms with Crippen LogP contribution in [0.5, 0.6) is 0 Å². The molecule has 3 heteroatoms. The fourth-order valence-corrected chi connectivity index (χ4v) is 2.59. The maximum absolute atomic E-state index is 12.0. The summed E-state index contributed by atoms with van der Waals surface area (Å²) in [7, 11) is 0. The van der Waals surface area contributed by atoms with Crippen LogP contribution in [0.1, 0.15) is 60.8 Å². The van der Waals surface area contributed by atoms with Gasteiger partial charge in [0.1, 0.15) is 0 Å². The molecule has 0 aromatic carbocycles. The second-order valence-corrected chi connectivity index (χ2v) is 5.82. The maximum atomic E-state index is 12.0. The summed E-state index contributed by atoms with van der Waals surface area (Å²) in [6.07, 6.45) is 10.7. The van der Waals surface area contributed by atoms with Gasteiger partial charge in [-0.2, -0.15) is 0 Å². The van der Waals surface area contributed by atoms with E-state index in [0.717, 1.165) is 56.7 Å². The second-order valence-electron chi connectivity index (χ2n) is 5.82. The first kappa shape index (κ1) is 26.6. The number of hydrogen-bond acceptors (Lipinski definition) is 2. The van der Waals surface area contributed by atoms with Gasteiger partial charge in [0.2, 0.25) is 5.91 Å². The Labute approximate surface area is 163 Å². The Hall–Kier alpha value is -1.61. The van der Waals surface area contributed by atoms with Crippen molar-refractivity contribution in [2.24, 2.45) is 0 Å². The van der Waals surface area contributed by atoms with Gasteiger partial charge in [-0.25, -0.2) is 0 Å². The maximum Gasteiger partial charge on any atom is 0.222 e. The van der Waals surface area contributed by atoms with Crippen LogP contribution in [0, 0.1) is 0 Å². The first-order valence-electron chi connectivity index (χ1n) is 10.3. The molecule has 1 amide bonds. The highest BCUT2D eigenvalue weighted by Gasteiger charge is 2.12. The Morgan fingerprint density at radius 3 is 1.96 bits per heavy atom. The van der Waals surface area contributed by atoms with Crippen LogP contribution in [0.3, 0.4) is 0 Å². The zero-order chi connectivity index (χ0) is 20.4. The van der Waals surface area contributed by atoms with Crippen molar-refractivity contribution in [1.82, 2.24) is 9.80 Å². The van der Waals surface area contributed by atoms with Crippen molar-refractivity contribution < 1.29 is 4.79 Å². The molecule has 0 spiro atoms. The van der Waals surface area contributed by atoms with Crippen molar-refractivity contribution in [3.8, 4) is 0 Å². The minimum Gasteiger partial charge on any atom is -0.343 e. The van der Waals surface area contributed by atoms with E-state index in [2.05, 4.69) is 18.1 Å². The van der Waals surface area contributed by atoms with Gasteiger partial charge in [-0.1, -0.05) is 72.1 Å². The van der Waals surface area contributed by atoms with Crippen molar-refractivity contribution in [1.29, 1.82) is 0 Å². The highest BCUT2D eigenvalue weighted by atomic mass is 16.2. The quantitative estimate of drug-likeness (QED) is 0.587. The third-order valence-electron chi connectivity index (χ3n) is 3.73. The van der Waals surface area contributed by atoms with Crippen LogP contribution < -0.4 is 0 Å². The van der Waals surface area contributed by atoms with E-state index >= 15 is 0 Å². The largest absolute Gasteiger partial charge is 0.343 e. The Balaban J connectivity index is 0. The molecular weight excluding hydrogens is 320 g/mol. The zero-order valence-electron chi connectivity index (χ0n) is 18.2. The second kappa shape index (κ2) is 18.2. The summed E-state index contributed by atoms with van der Waals surface area (Å²) in [5.74, 6) is 0.272. The van der Waals surface area contributed by atoms with E-state index in [1.54, 1.807) is 0 Å². The lowest BCUT2D eigenvalue weighted by Crippen LogP contribution is -2.35. The van der Waals surface area contributed by atoms with E-state index in [1.165, 1.54) is 0 Å². The molecule has 150 valence electrons. The molecule has 0 fully saturated rings. The molecule has 0 aromatic rings. The van der Waals surface area contributed by atoms with Crippen LogP contribution in [0.4, 0.5) is 0 Å². The molecule has 1 aliphatic rings. The van der Waals surface area contributed by atoms with Crippen LogP contribution in [-0.4, -0.2) is 48.4 Å². The fourth-order valence-electron chi connectivity index (χ4n) is 2.59. The van der Waals surface area contributed by atoms with Crippen LogP contribution in [-0.2, 0) is 4.79 Å². The Morgan fingerprint density at radius 1 is 1.04 bits per heavy atom. The topological polar surface area (TPSA) is 23.6 Å². The lowest BCUT2D eigenvalue weighted by atomic mass is 10.2. The normalized spacial score (nSPS) is 16.7. The molecule has 0 atom stereocenters. The minimum atomic E-state index is 0.272. The number of carbonyl (C=O) groups is 1. The average Bonchev–Trinajstić information content (AvgIpc) is 2.72. The molecule has 0 unspecified atom stereocenters. The molecule has 3 nitrogen and oxygen atoms in total. The SMILES string of the molecule is C=C1/C=C\C=C/C(=C)CN(CCCN(CC)C(=O)CCC)C1.CC.CC. The van der Waals surface area contributed by atoms with E-state index in [4.69, 9.17) is 0 Å². The fraction of sp³-hybridized carbons (Fsp3) is 0.609. The van der Waals surface area contributed by atoms with Gasteiger partial charge in [-0.15, -0.1) is 0 Å². The van der Waals surface area contributed by atoms with Gasteiger partial charge in [0.25, 0.3) is 0 Å². The van der Waals surface area contributed by atoms with E-state index in [0.29, 0.717) is 6.42 Å². The molecule has 0 saturated heterocycles. The molecule has 1 rings (SSSR count). The van der Waals surface area contributed by atoms with Crippen molar-refractivity contribution in [2.45, 2.75) is 60.8 Å². The average molecular weight is 363 g/mol. The molecule has 1 heterocycles. The lowest BCUT2D eigenvalue weighted by Gasteiger charge is -2.25. The highest BCUT2D eigenvalue weighted by Crippen LogP contribution is 2.08. The van der Waals surface area contributed by atoms with Crippen LogP contribution in [0.15, 0.2) is 48.6 Å². The summed E-state index contributed by atoms with van der Waals surface area (Å²) >= 11 is 0. The number of nitrogens with zero attached hydrogens (tertiary/aromatic N) is 2. The third-order valence-corrected chi connectivity index (χ3v) is 3.73. The van der Waals surface area contributed by atoms with Gasteiger partial charge in [-0.05, 0) is 30.9 Å². The standard InChI is InChI=1S/C19H30N2O.2C2H6/c1-5-10-19(22)21(6-2)14-9-13-20-15-17(3)11-7-8-12-18(4)16-20;2*1-2/h7-8,11-12H,3-6,9-10,13-16H2,1-2H3;2*1-2H3/b11-7-,12-8-;;. The van der Waals surface area contributed by atoms with Crippen molar-refractivity contribution in [3.05, 3.63) is 48.6 Å². The predicted molar refractivity (Wildman–Crippen MR) is 117 cm³/mol. The molecule has 26 heavy (non-hydrogen) atoms. The molecule has 0 bridgehead atoms. The van der Waals surface area contributed by atoms with E-state index in [-0.39, 0.29) is 5.91 Å². The summed E-state index contributed by atoms with van der Waals surface area (Å²) < 4.78 is 0. The first-order valence-corrected chi connectivity index (χ1v) is 10.3. The molecule has 0 aromatic heterocycles. The molecule has 0 saturated carbocycles. The van der Waals surface area contributed by atoms with Crippen molar-refractivity contribution in [2.75, 3.05) is 32.7 Å². The van der Waals surface area contributed by atoms with E-state index < -0.39 is 0 Å². The molecule has 1 aliphatic heterocycles. The van der Waals surface area contributed by atoms with E-state index in [1.807, 2.05) is 70.7 Å². The zero-order valence-corrected chi connectivity index (χ0v) is 18.2. The van der Waals surface area contributed by atoms with Gasteiger partial charge < -0.3 is 4.90 Å². The molecule has 0 N–H and O–H groups in total. The molecule has 0 aliphatic carbocycles. The molecule has 0 radical (unpaired) electrons. The van der Waals surface area contributed by atoms with Crippen molar-refractivity contribution >= 4 is 5.91 Å². The van der Waals surface area contributed by atoms with Crippen molar-refractivity contribution in [3.63, 3.8) is 0 Å². The number of carbonyl (C=O) groups excluding carboxylic acids is 1. The monoisotopic (exact) mass is 362 g/mol. The van der Waals surface area contributed by atoms with Crippen LogP contribution in [0.2, 0.25) is 0 Å². The van der Waals surface area contributed by atoms with E-state index in [9.17, 15) is 4.79 Å². The lowest BCUT2D eigenvalue weighted by molar-refractivity contribution is -0.131. The highest BCUT2D eigenvalue weighted by molar-refractivity contribution is 5.76. The smallest absolute Gasteiger partial charge is 0.222 e.